The molecule has 1 aromatic rings. The highest BCUT2D eigenvalue weighted by atomic mass is 32.2. The Morgan fingerprint density at radius 2 is 1.30 bits per heavy atom. The second-order valence-electron chi connectivity index (χ2n) is 13.5. The molecule has 53 heavy (non-hydrogen) atoms. The Bertz CT molecular complexity index is 1350. The smallest absolute Gasteiger partial charge is 0.326 e. The van der Waals surface area contributed by atoms with Crippen molar-refractivity contribution in [2.24, 2.45) is 29.0 Å². The number of thioether (sulfide) groups is 1. The molecule has 1 rings (SSSR count). The van der Waals surface area contributed by atoms with Gasteiger partial charge in [-0.1, -0.05) is 64.4 Å². The van der Waals surface area contributed by atoms with Crippen LogP contribution in [0.5, 0.6) is 0 Å². The quantitative estimate of drug-likeness (QED) is 0.0563. The molecule has 0 spiro atoms. The number of carbonyl (C=O) groups excluding carboxylic acids is 6. The van der Waals surface area contributed by atoms with Crippen LogP contribution in [-0.2, 0) is 40.0 Å². The van der Waals surface area contributed by atoms with E-state index in [2.05, 4.69) is 26.6 Å². The lowest BCUT2D eigenvalue weighted by Gasteiger charge is -2.30. The van der Waals surface area contributed by atoms with Crippen LogP contribution in [0, 0.1) is 11.8 Å². The third-order valence-electron chi connectivity index (χ3n) is 8.80. The van der Waals surface area contributed by atoms with E-state index in [4.69, 9.17) is 17.2 Å². The van der Waals surface area contributed by atoms with E-state index in [0.717, 1.165) is 0 Å². The first-order valence-corrected chi connectivity index (χ1v) is 19.5. The zero-order valence-corrected chi connectivity index (χ0v) is 32.3. The summed E-state index contributed by atoms with van der Waals surface area (Å²) in [7, 11) is 0. The van der Waals surface area contributed by atoms with Crippen LogP contribution in [0.15, 0.2) is 30.3 Å². The minimum atomic E-state index is -1.23. The van der Waals surface area contributed by atoms with Crippen molar-refractivity contribution in [1.29, 1.82) is 0 Å². The summed E-state index contributed by atoms with van der Waals surface area (Å²) in [4.78, 5) is 91.1. The molecule has 17 heteroatoms. The maximum Gasteiger partial charge on any atom is 0.326 e. The number of hydrogen-bond acceptors (Lipinski definition) is 10. The first-order chi connectivity index (χ1) is 25.1. The average Bonchev–Trinajstić information content (AvgIpc) is 3.12. The van der Waals surface area contributed by atoms with E-state index in [1.54, 1.807) is 51.1 Å². The Hall–Kier alpha value is -4.22. The number of carbonyl (C=O) groups is 7. The molecule has 16 nitrogen and oxygen atoms in total. The lowest BCUT2D eigenvalue weighted by Crippen LogP contribution is -2.61. The highest BCUT2D eigenvalue weighted by Gasteiger charge is 2.35. The maximum atomic E-state index is 14.0. The average molecular weight is 765 g/mol. The van der Waals surface area contributed by atoms with Crippen LogP contribution in [0.2, 0.25) is 0 Å². The van der Waals surface area contributed by atoms with Gasteiger partial charge in [-0.2, -0.15) is 11.8 Å². The zero-order valence-electron chi connectivity index (χ0n) is 31.5. The van der Waals surface area contributed by atoms with Gasteiger partial charge in [0, 0.05) is 12.8 Å². The van der Waals surface area contributed by atoms with E-state index >= 15 is 0 Å². The summed E-state index contributed by atoms with van der Waals surface area (Å²) in [5.41, 5.74) is 17.6. The van der Waals surface area contributed by atoms with E-state index < -0.39 is 89.5 Å². The van der Waals surface area contributed by atoms with Crippen molar-refractivity contribution in [3.05, 3.63) is 35.9 Å². The van der Waals surface area contributed by atoms with Crippen molar-refractivity contribution in [2.75, 3.05) is 18.6 Å². The van der Waals surface area contributed by atoms with Gasteiger partial charge in [-0.25, -0.2) is 4.79 Å². The second kappa shape index (κ2) is 24.9. The van der Waals surface area contributed by atoms with Crippen LogP contribution in [0.4, 0.5) is 0 Å². The lowest BCUT2D eigenvalue weighted by molar-refractivity contribution is -0.143. The molecule has 0 radical (unpaired) electrons. The minimum absolute atomic E-state index is 0.0219. The fourth-order valence-electron chi connectivity index (χ4n) is 5.29. The number of nitrogens with two attached hydrogens (primary N) is 3. The second-order valence-corrected chi connectivity index (χ2v) is 14.5. The molecular formula is C36H60N8O8S. The molecule has 0 bridgehead atoms. The topological polar surface area (TPSA) is 278 Å². The summed E-state index contributed by atoms with van der Waals surface area (Å²) in [6.07, 6.45) is 3.55. The van der Waals surface area contributed by atoms with Gasteiger partial charge in [0.1, 0.15) is 30.2 Å². The summed E-state index contributed by atoms with van der Waals surface area (Å²) in [5, 5.41) is 22.9. The lowest BCUT2D eigenvalue weighted by atomic mass is 9.96. The summed E-state index contributed by atoms with van der Waals surface area (Å²) >= 11 is 1.50. The normalized spacial score (nSPS) is 15.1. The minimum Gasteiger partial charge on any atom is -0.480 e. The van der Waals surface area contributed by atoms with Gasteiger partial charge >= 0.3 is 5.97 Å². The summed E-state index contributed by atoms with van der Waals surface area (Å²) in [5.74, 6) is -5.63. The fourth-order valence-corrected chi connectivity index (χ4v) is 5.78. The predicted octanol–water partition coefficient (Wildman–Crippen LogP) is -0.0853. The van der Waals surface area contributed by atoms with Gasteiger partial charge in [0.15, 0.2) is 0 Å². The molecule has 0 aliphatic rings. The molecule has 1 aromatic carbocycles. The van der Waals surface area contributed by atoms with Gasteiger partial charge < -0.3 is 48.9 Å². The molecule has 0 aliphatic heterocycles. The van der Waals surface area contributed by atoms with Gasteiger partial charge in [0.25, 0.3) is 0 Å². The van der Waals surface area contributed by atoms with Gasteiger partial charge in [-0.05, 0) is 68.1 Å². The molecule has 12 N–H and O–H groups in total. The number of rotatable bonds is 26. The number of amides is 6. The standard InChI is InChI=1S/C36H60N8O8S/c1-6-22(4)30(44-32(47)25(15-16-28(39)45)40-31(46)24(38)17-19-53-5)35(50)42-27(20-23-12-8-7-9-13-23)33(48)43-29(21(2)3)34(49)41-26(36(51)52)14-10-11-18-37/h7-9,12-13,21-22,24-27,29-30H,6,10-11,14-20,37-38H2,1-5H3,(H2,39,45)(H,40,46)(H,41,49)(H,42,50)(H,43,48)(H,44,47)(H,51,52)/t22-,24-,25-,26-,27-,29-,30-/m0/s1. The predicted molar refractivity (Wildman–Crippen MR) is 204 cm³/mol. The van der Waals surface area contributed by atoms with Crippen molar-refractivity contribution in [2.45, 2.75) is 115 Å². The van der Waals surface area contributed by atoms with Crippen LogP contribution < -0.4 is 43.8 Å². The number of hydrogen-bond donors (Lipinski definition) is 9. The SMILES string of the molecule is CC[C@H](C)[C@H](NC(=O)[C@H](CCC(N)=O)NC(=O)[C@@H](N)CCSC)C(=O)N[C@@H](Cc1ccccc1)C(=O)N[C@H](C(=O)N[C@@H](CCCCN)C(=O)O)C(C)C. The molecule has 0 aliphatic carbocycles. The summed E-state index contributed by atoms with van der Waals surface area (Å²) in [6, 6.07) is 2.00. The molecule has 6 amide bonds. The molecule has 0 saturated carbocycles. The highest BCUT2D eigenvalue weighted by molar-refractivity contribution is 7.98. The van der Waals surface area contributed by atoms with Gasteiger partial charge in [-0.3, -0.25) is 28.8 Å². The number of carboxylic acids is 1. The molecule has 0 heterocycles. The molecule has 0 aromatic heterocycles. The van der Waals surface area contributed by atoms with Crippen molar-refractivity contribution < 1.29 is 38.7 Å². The third kappa shape index (κ3) is 17.4. The van der Waals surface area contributed by atoms with Crippen molar-refractivity contribution in [3.63, 3.8) is 0 Å². The first-order valence-electron chi connectivity index (χ1n) is 18.1. The van der Waals surface area contributed by atoms with Crippen LogP contribution in [-0.4, -0.2) is 101 Å². The number of aliphatic carboxylic acids is 1. The van der Waals surface area contributed by atoms with Crippen LogP contribution in [0.3, 0.4) is 0 Å². The number of nitrogens with one attached hydrogen (secondary N) is 5. The molecule has 7 atom stereocenters. The fraction of sp³-hybridized carbons (Fsp3) is 0.639. The maximum absolute atomic E-state index is 14.0. The first kappa shape index (κ1) is 46.8. The van der Waals surface area contributed by atoms with E-state index in [1.807, 2.05) is 13.2 Å². The number of benzene rings is 1. The molecule has 0 saturated heterocycles. The molecule has 0 fully saturated rings. The van der Waals surface area contributed by atoms with E-state index in [1.165, 1.54) is 11.8 Å². The van der Waals surface area contributed by atoms with Crippen molar-refractivity contribution in [3.8, 4) is 0 Å². The van der Waals surface area contributed by atoms with Crippen LogP contribution in [0.1, 0.15) is 78.2 Å². The van der Waals surface area contributed by atoms with Crippen molar-refractivity contribution in [1.82, 2.24) is 26.6 Å². The highest BCUT2D eigenvalue weighted by Crippen LogP contribution is 2.13. The number of primary amides is 1. The zero-order chi connectivity index (χ0) is 40.1. The molecule has 298 valence electrons. The Morgan fingerprint density at radius 3 is 1.85 bits per heavy atom. The number of carboxylic acid groups (broad SMARTS) is 1. The van der Waals surface area contributed by atoms with Gasteiger partial charge in [-0.15, -0.1) is 0 Å². The Balaban J connectivity index is 3.35. The Kier molecular flexibility index (Phi) is 22.0. The van der Waals surface area contributed by atoms with Crippen LogP contribution >= 0.6 is 11.8 Å². The molecular weight excluding hydrogens is 705 g/mol. The van der Waals surface area contributed by atoms with Gasteiger partial charge in [0.05, 0.1) is 6.04 Å². The van der Waals surface area contributed by atoms with Crippen LogP contribution in [0.25, 0.3) is 0 Å². The van der Waals surface area contributed by atoms with Crippen molar-refractivity contribution >= 4 is 53.2 Å². The third-order valence-corrected chi connectivity index (χ3v) is 9.44. The van der Waals surface area contributed by atoms with E-state index in [-0.39, 0.29) is 25.7 Å². The Morgan fingerprint density at radius 1 is 0.736 bits per heavy atom. The largest absolute Gasteiger partial charge is 0.480 e. The van der Waals surface area contributed by atoms with E-state index in [0.29, 0.717) is 43.5 Å². The summed E-state index contributed by atoms with van der Waals surface area (Å²) in [6.45, 7) is 7.31. The summed E-state index contributed by atoms with van der Waals surface area (Å²) < 4.78 is 0. The number of unbranched alkanes of at least 4 members (excludes halogenated alkanes) is 1. The molecule has 0 unspecified atom stereocenters. The van der Waals surface area contributed by atoms with E-state index in [9.17, 15) is 38.7 Å². The van der Waals surface area contributed by atoms with Gasteiger partial charge in [0.2, 0.25) is 35.4 Å². The monoisotopic (exact) mass is 764 g/mol. The Labute approximate surface area is 316 Å².